The van der Waals surface area contributed by atoms with E-state index >= 15 is 0 Å². The van der Waals surface area contributed by atoms with Crippen molar-refractivity contribution in [3.63, 3.8) is 0 Å². The smallest absolute Gasteiger partial charge is 0.237 e. The van der Waals surface area contributed by atoms with E-state index in [4.69, 9.17) is 0 Å². The van der Waals surface area contributed by atoms with Gasteiger partial charge in [-0.3, -0.25) is 0 Å². The fourth-order valence-corrected chi connectivity index (χ4v) is 1.30. The van der Waals surface area contributed by atoms with E-state index in [0.29, 0.717) is 0 Å². The lowest BCUT2D eigenvalue weighted by Crippen LogP contribution is -2.31. The lowest BCUT2D eigenvalue weighted by molar-refractivity contribution is -0.678. The third-order valence-electron chi connectivity index (χ3n) is 1.87. The number of nitrogens with zero attached hydrogens (tertiary/aromatic N) is 2. The van der Waals surface area contributed by atoms with Crippen LogP contribution in [0.15, 0.2) is 12.4 Å². The standard InChI is InChI=1S/C8H15N2/c1-4-8-9(3)6-7-10(8)5-2/h6-7H,4-5H2,1-3H3/q+1. The van der Waals surface area contributed by atoms with Crippen LogP contribution in [0.25, 0.3) is 0 Å². The summed E-state index contributed by atoms with van der Waals surface area (Å²) in [5.74, 6) is 1.39. The highest BCUT2D eigenvalue weighted by atomic mass is 15.1. The third-order valence-corrected chi connectivity index (χ3v) is 1.87. The quantitative estimate of drug-likeness (QED) is 0.538. The van der Waals surface area contributed by atoms with E-state index in [9.17, 15) is 0 Å². The predicted molar refractivity (Wildman–Crippen MR) is 40.7 cm³/mol. The molecule has 10 heavy (non-hydrogen) atoms. The van der Waals surface area contributed by atoms with Crippen molar-refractivity contribution in [2.24, 2.45) is 7.05 Å². The molecule has 1 aromatic heterocycles. The Labute approximate surface area is 62.1 Å². The summed E-state index contributed by atoms with van der Waals surface area (Å²) in [6.07, 6.45) is 5.33. The zero-order valence-corrected chi connectivity index (χ0v) is 6.96. The molecule has 0 spiro atoms. The Morgan fingerprint density at radius 2 is 2.20 bits per heavy atom. The Morgan fingerprint density at radius 1 is 1.50 bits per heavy atom. The van der Waals surface area contributed by atoms with Gasteiger partial charge in [-0.25, -0.2) is 9.13 Å². The highest BCUT2D eigenvalue weighted by Crippen LogP contribution is 1.94. The molecule has 0 amide bonds. The molecule has 0 aromatic carbocycles. The summed E-state index contributed by atoms with van der Waals surface area (Å²) in [7, 11) is 2.09. The molecule has 2 nitrogen and oxygen atoms in total. The van der Waals surface area contributed by atoms with Crippen molar-refractivity contribution < 1.29 is 4.57 Å². The SMILES string of the molecule is CCc1n(CC)cc[n+]1C. The monoisotopic (exact) mass is 139 g/mol. The molecular formula is C8H15N2+. The number of hydrogen-bond acceptors (Lipinski definition) is 0. The summed E-state index contributed by atoms with van der Waals surface area (Å²) >= 11 is 0. The van der Waals surface area contributed by atoms with E-state index in [1.54, 1.807) is 0 Å². The second-order valence-corrected chi connectivity index (χ2v) is 2.46. The highest BCUT2D eigenvalue weighted by molar-refractivity contribution is 4.81. The molecule has 0 aliphatic heterocycles. The van der Waals surface area contributed by atoms with Crippen LogP contribution in [0.2, 0.25) is 0 Å². The Hall–Kier alpha value is -0.790. The van der Waals surface area contributed by atoms with Crippen LogP contribution in [0.4, 0.5) is 0 Å². The van der Waals surface area contributed by atoms with Crippen molar-refractivity contribution in [1.82, 2.24) is 4.57 Å². The summed E-state index contributed by atoms with van der Waals surface area (Å²) in [5, 5.41) is 0. The minimum atomic E-state index is 1.07. The zero-order chi connectivity index (χ0) is 7.56. The molecule has 2 heteroatoms. The van der Waals surface area contributed by atoms with Crippen LogP contribution in [0.3, 0.4) is 0 Å². The van der Waals surface area contributed by atoms with Gasteiger partial charge in [-0.05, 0) is 6.92 Å². The van der Waals surface area contributed by atoms with Crippen molar-refractivity contribution >= 4 is 0 Å². The molecule has 1 heterocycles. The predicted octanol–water partition coefficient (Wildman–Crippen LogP) is 0.895. The first kappa shape index (κ1) is 7.32. The lowest BCUT2D eigenvalue weighted by Gasteiger charge is -1.94. The highest BCUT2D eigenvalue weighted by Gasteiger charge is 2.08. The molecule has 0 saturated heterocycles. The average Bonchev–Trinajstić information content (AvgIpc) is 2.30. The maximum absolute atomic E-state index is 2.26. The number of imidazole rings is 1. The van der Waals surface area contributed by atoms with Crippen LogP contribution in [-0.4, -0.2) is 4.57 Å². The molecule has 0 saturated carbocycles. The van der Waals surface area contributed by atoms with Crippen molar-refractivity contribution in [3.05, 3.63) is 18.2 Å². The molecule has 0 atom stereocenters. The third kappa shape index (κ3) is 1.06. The molecule has 0 radical (unpaired) electrons. The largest absolute Gasteiger partial charge is 0.255 e. The van der Waals surface area contributed by atoms with E-state index in [2.05, 4.69) is 42.4 Å². The van der Waals surface area contributed by atoms with E-state index in [1.807, 2.05) is 0 Å². The fraction of sp³-hybridized carbons (Fsp3) is 0.625. The Bertz CT molecular complexity index is 213. The van der Waals surface area contributed by atoms with Crippen molar-refractivity contribution in [1.29, 1.82) is 0 Å². The first-order chi connectivity index (χ1) is 4.79. The first-order valence-electron chi connectivity index (χ1n) is 3.83. The maximum Gasteiger partial charge on any atom is 0.255 e. The summed E-state index contributed by atoms with van der Waals surface area (Å²) in [4.78, 5) is 0. The number of hydrogen-bond donors (Lipinski definition) is 0. The van der Waals surface area contributed by atoms with Gasteiger partial charge in [-0.2, -0.15) is 0 Å². The van der Waals surface area contributed by atoms with Crippen LogP contribution >= 0.6 is 0 Å². The van der Waals surface area contributed by atoms with Crippen LogP contribution in [0, 0.1) is 0 Å². The Kier molecular flexibility index (Phi) is 2.10. The van der Waals surface area contributed by atoms with Crippen molar-refractivity contribution in [2.45, 2.75) is 26.8 Å². The molecule has 56 valence electrons. The molecule has 0 unspecified atom stereocenters. The lowest BCUT2D eigenvalue weighted by atomic mass is 10.4. The zero-order valence-electron chi connectivity index (χ0n) is 6.96. The van der Waals surface area contributed by atoms with Gasteiger partial charge in [0.15, 0.2) is 0 Å². The van der Waals surface area contributed by atoms with E-state index in [-0.39, 0.29) is 0 Å². The van der Waals surface area contributed by atoms with E-state index in [0.717, 1.165) is 13.0 Å². The molecule has 1 aromatic rings. The van der Waals surface area contributed by atoms with Gasteiger partial charge < -0.3 is 0 Å². The number of aryl methyl sites for hydroxylation is 2. The Morgan fingerprint density at radius 3 is 2.60 bits per heavy atom. The molecule has 0 bridgehead atoms. The topological polar surface area (TPSA) is 8.81 Å². The maximum atomic E-state index is 2.26. The van der Waals surface area contributed by atoms with Crippen LogP contribution in [0.5, 0.6) is 0 Å². The van der Waals surface area contributed by atoms with Gasteiger partial charge in [0.2, 0.25) is 0 Å². The van der Waals surface area contributed by atoms with Crippen LogP contribution < -0.4 is 4.57 Å². The molecular weight excluding hydrogens is 124 g/mol. The average molecular weight is 139 g/mol. The molecule has 0 aliphatic rings. The second kappa shape index (κ2) is 2.86. The van der Waals surface area contributed by atoms with Crippen LogP contribution in [-0.2, 0) is 20.0 Å². The summed E-state index contributed by atoms with van der Waals surface area (Å²) in [6.45, 7) is 5.42. The Balaban J connectivity index is 3.01. The molecule has 0 fully saturated rings. The van der Waals surface area contributed by atoms with Gasteiger partial charge in [0.05, 0.1) is 13.6 Å². The van der Waals surface area contributed by atoms with Gasteiger partial charge in [0, 0.05) is 6.42 Å². The normalized spacial score (nSPS) is 10.3. The van der Waals surface area contributed by atoms with Gasteiger partial charge in [0.25, 0.3) is 5.82 Å². The van der Waals surface area contributed by atoms with Gasteiger partial charge >= 0.3 is 0 Å². The minimum Gasteiger partial charge on any atom is -0.237 e. The summed E-state index contributed by atoms with van der Waals surface area (Å²) in [5.41, 5.74) is 0. The number of rotatable bonds is 2. The fourth-order valence-electron chi connectivity index (χ4n) is 1.30. The summed E-state index contributed by atoms with van der Waals surface area (Å²) in [6, 6.07) is 0. The second-order valence-electron chi connectivity index (χ2n) is 2.46. The van der Waals surface area contributed by atoms with E-state index < -0.39 is 0 Å². The van der Waals surface area contributed by atoms with Gasteiger partial charge in [-0.1, -0.05) is 6.92 Å². The van der Waals surface area contributed by atoms with Gasteiger partial charge in [0.1, 0.15) is 12.4 Å². The summed E-state index contributed by atoms with van der Waals surface area (Å²) < 4.78 is 4.43. The van der Waals surface area contributed by atoms with Crippen molar-refractivity contribution in [2.75, 3.05) is 0 Å². The van der Waals surface area contributed by atoms with Crippen LogP contribution in [0.1, 0.15) is 19.7 Å². The number of aromatic nitrogens is 2. The van der Waals surface area contributed by atoms with Crippen molar-refractivity contribution in [3.8, 4) is 0 Å². The first-order valence-corrected chi connectivity index (χ1v) is 3.83. The van der Waals surface area contributed by atoms with E-state index in [1.165, 1.54) is 5.82 Å². The molecule has 0 N–H and O–H groups in total. The van der Waals surface area contributed by atoms with Gasteiger partial charge in [-0.15, -0.1) is 0 Å². The molecule has 0 aliphatic carbocycles. The molecule has 1 rings (SSSR count). The minimum absolute atomic E-state index is 1.07.